The number of hydrogen-bond acceptors (Lipinski definition) is 2. The molecule has 0 spiro atoms. The highest BCUT2D eigenvalue weighted by atomic mass is 32.2. The van der Waals surface area contributed by atoms with Gasteiger partial charge in [0.05, 0.1) is 0 Å². The van der Waals surface area contributed by atoms with Gasteiger partial charge in [0.15, 0.2) is 0 Å². The number of hydrogen-bond donors (Lipinski definition) is 1. The maximum Gasteiger partial charge on any atom is 0.251 e. The summed E-state index contributed by atoms with van der Waals surface area (Å²) in [7, 11) is 0. The quantitative estimate of drug-likeness (QED) is 0.765. The lowest BCUT2D eigenvalue weighted by Crippen LogP contribution is -2.11. The van der Waals surface area contributed by atoms with Crippen molar-refractivity contribution >= 4 is 17.3 Å². The summed E-state index contributed by atoms with van der Waals surface area (Å²) in [5.41, 5.74) is 4.08. The van der Waals surface area contributed by atoms with Crippen molar-refractivity contribution in [1.82, 2.24) is 4.98 Å². The van der Waals surface area contributed by atoms with E-state index < -0.39 is 0 Å². The van der Waals surface area contributed by atoms with Crippen molar-refractivity contribution < 1.29 is 0 Å². The number of aromatic amines is 1. The average Bonchev–Trinajstić information content (AvgIpc) is 3.28. The minimum atomic E-state index is 0.00994. The highest BCUT2D eigenvalue weighted by Crippen LogP contribution is 2.39. The van der Waals surface area contributed by atoms with Crippen molar-refractivity contribution in [3.63, 3.8) is 0 Å². The Labute approximate surface area is 153 Å². The molecule has 1 N–H and O–H groups in total. The molecule has 1 aromatic carbocycles. The summed E-state index contributed by atoms with van der Waals surface area (Å²) in [5, 5.41) is 0.827. The molecule has 0 atom stereocenters. The summed E-state index contributed by atoms with van der Waals surface area (Å²) in [6.45, 7) is 1.85. The molecule has 2 aromatic rings. The van der Waals surface area contributed by atoms with E-state index in [-0.39, 0.29) is 5.56 Å². The van der Waals surface area contributed by atoms with E-state index in [1.54, 1.807) is 0 Å². The molecule has 0 amide bonds. The molecule has 25 heavy (non-hydrogen) atoms. The first-order chi connectivity index (χ1) is 12.2. The van der Waals surface area contributed by atoms with E-state index >= 15 is 0 Å². The molecular weight excluding hydrogens is 326 g/mol. The van der Waals surface area contributed by atoms with Gasteiger partial charge >= 0.3 is 0 Å². The Balaban J connectivity index is 1.68. The fourth-order valence-electron chi connectivity index (χ4n) is 3.50. The van der Waals surface area contributed by atoms with Crippen LogP contribution in [0.5, 0.6) is 0 Å². The van der Waals surface area contributed by atoms with Gasteiger partial charge in [0.2, 0.25) is 0 Å². The molecule has 0 radical (unpaired) electrons. The number of thioether (sulfide) groups is 1. The second kappa shape index (κ2) is 7.25. The molecule has 0 unspecified atom stereocenters. The molecule has 4 rings (SSSR count). The lowest BCUT2D eigenvalue weighted by Gasteiger charge is -2.13. The van der Waals surface area contributed by atoms with Crippen molar-refractivity contribution in [1.29, 1.82) is 0 Å². The van der Waals surface area contributed by atoms with Gasteiger partial charge in [0.25, 0.3) is 5.56 Å². The molecule has 2 aliphatic rings. The largest absolute Gasteiger partial charge is 0.322 e. The van der Waals surface area contributed by atoms with E-state index in [0.717, 1.165) is 16.5 Å². The van der Waals surface area contributed by atoms with Crippen LogP contribution in [-0.2, 0) is 0 Å². The first-order valence-electron chi connectivity index (χ1n) is 9.38. The third kappa shape index (κ3) is 4.09. The Kier molecular flexibility index (Phi) is 4.85. The Bertz CT molecular complexity index is 824. The van der Waals surface area contributed by atoms with Crippen LogP contribution in [0.1, 0.15) is 55.3 Å². The molecule has 1 aromatic heterocycles. The molecule has 0 aliphatic heterocycles. The van der Waals surface area contributed by atoms with Gasteiger partial charge in [-0.1, -0.05) is 37.1 Å². The van der Waals surface area contributed by atoms with Crippen molar-refractivity contribution in [3.8, 4) is 0 Å². The van der Waals surface area contributed by atoms with E-state index in [1.807, 2.05) is 30.8 Å². The molecule has 2 saturated carbocycles. The topological polar surface area (TPSA) is 32.9 Å². The zero-order valence-electron chi connectivity index (χ0n) is 14.8. The second-order valence-electron chi connectivity index (χ2n) is 7.35. The van der Waals surface area contributed by atoms with Gasteiger partial charge < -0.3 is 4.98 Å². The smallest absolute Gasteiger partial charge is 0.251 e. The maximum absolute atomic E-state index is 12.1. The van der Waals surface area contributed by atoms with Crippen LogP contribution < -0.4 is 5.56 Å². The number of pyridine rings is 1. The van der Waals surface area contributed by atoms with E-state index in [9.17, 15) is 4.79 Å². The normalized spacial score (nSPS) is 18.7. The van der Waals surface area contributed by atoms with Gasteiger partial charge in [-0.25, -0.2) is 0 Å². The van der Waals surface area contributed by atoms with Gasteiger partial charge in [-0.15, -0.1) is 11.8 Å². The maximum atomic E-state index is 12.1. The van der Waals surface area contributed by atoms with Gasteiger partial charge in [-0.2, -0.15) is 0 Å². The lowest BCUT2D eigenvalue weighted by molar-refractivity contribution is 0.687. The van der Waals surface area contributed by atoms with Gasteiger partial charge in [-0.3, -0.25) is 4.79 Å². The van der Waals surface area contributed by atoms with Gasteiger partial charge in [0, 0.05) is 27.0 Å². The number of rotatable bonds is 5. The fourth-order valence-corrected chi connectivity index (χ4v) is 4.55. The van der Waals surface area contributed by atoms with Crippen molar-refractivity contribution in [2.45, 2.75) is 55.6 Å². The zero-order valence-corrected chi connectivity index (χ0v) is 15.6. The zero-order chi connectivity index (χ0) is 17.2. The van der Waals surface area contributed by atoms with Gasteiger partial charge in [0.1, 0.15) is 0 Å². The van der Waals surface area contributed by atoms with Crippen LogP contribution in [0.2, 0.25) is 0 Å². The third-order valence-electron chi connectivity index (χ3n) is 5.19. The molecule has 0 bridgehead atoms. The molecule has 2 aliphatic carbocycles. The molecule has 2 fully saturated rings. The Morgan fingerprint density at radius 2 is 1.76 bits per heavy atom. The molecule has 0 saturated heterocycles. The standard InChI is InChI=1S/C22H25NOS/c1-15-6-13-21(23-22(15)24)20(14-16-4-2-3-5-16)17-7-9-18(10-8-17)25-19-11-12-19/h6-10,13-14,16,19H,2-5,11-12H2,1H3,(H,23,24)/b20-14+. The van der Waals surface area contributed by atoms with Crippen LogP contribution in [0.25, 0.3) is 5.57 Å². The summed E-state index contributed by atoms with van der Waals surface area (Å²) >= 11 is 1.99. The van der Waals surface area contributed by atoms with Crippen LogP contribution in [0.15, 0.2) is 52.2 Å². The third-order valence-corrected chi connectivity index (χ3v) is 6.54. The first kappa shape index (κ1) is 16.7. The minimum Gasteiger partial charge on any atom is -0.322 e. The number of H-pyrrole nitrogens is 1. The summed E-state index contributed by atoms with van der Waals surface area (Å²) < 4.78 is 0. The summed E-state index contributed by atoms with van der Waals surface area (Å²) in [4.78, 5) is 16.5. The SMILES string of the molecule is Cc1ccc(/C(=C/C2CCCC2)c2ccc(SC3CC3)cc2)[nH]c1=O. The van der Waals surface area contributed by atoms with Crippen LogP contribution in [0.4, 0.5) is 0 Å². The number of allylic oxidation sites excluding steroid dienone is 1. The second-order valence-corrected chi connectivity index (χ2v) is 8.72. The number of nitrogens with one attached hydrogen (secondary N) is 1. The number of aromatic nitrogens is 1. The van der Waals surface area contributed by atoms with Crippen LogP contribution in [0.3, 0.4) is 0 Å². The summed E-state index contributed by atoms with van der Waals surface area (Å²) in [6.07, 6.45) is 10.2. The van der Waals surface area contributed by atoms with E-state index in [2.05, 4.69) is 35.3 Å². The Morgan fingerprint density at radius 3 is 2.40 bits per heavy atom. The van der Waals surface area contributed by atoms with Crippen LogP contribution >= 0.6 is 11.8 Å². The van der Waals surface area contributed by atoms with Crippen LogP contribution in [-0.4, -0.2) is 10.2 Å². The van der Waals surface area contributed by atoms with Gasteiger partial charge in [-0.05, 0) is 62.3 Å². The highest BCUT2D eigenvalue weighted by molar-refractivity contribution is 8.00. The molecule has 2 nitrogen and oxygen atoms in total. The molecule has 1 heterocycles. The Hall–Kier alpha value is -1.74. The van der Waals surface area contributed by atoms with E-state index in [4.69, 9.17) is 0 Å². The highest BCUT2D eigenvalue weighted by Gasteiger charge is 2.22. The number of aryl methyl sites for hydroxylation is 1. The average molecular weight is 352 g/mol. The van der Waals surface area contributed by atoms with Crippen LogP contribution in [0, 0.1) is 12.8 Å². The molecule has 3 heteroatoms. The fraction of sp³-hybridized carbons (Fsp3) is 0.409. The van der Waals surface area contributed by atoms with Crippen molar-refractivity contribution in [3.05, 3.63) is 69.6 Å². The molecule has 130 valence electrons. The minimum absolute atomic E-state index is 0.00994. The van der Waals surface area contributed by atoms with Crippen molar-refractivity contribution in [2.24, 2.45) is 5.92 Å². The van der Waals surface area contributed by atoms with E-state index in [0.29, 0.717) is 5.92 Å². The number of benzene rings is 1. The first-order valence-corrected chi connectivity index (χ1v) is 10.3. The molecular formula is C22H25NOS. The van der Waals surface area contributed by atoms with E-state index in [1.165, 1.54) is 54.6 Å². The predicted octanol–water partition coefficient (Wildman–Crippen LogP) is 5.56. The predicted molar refractivity (Wildman–Crippen MR) is 106 cm³/mol. The monoisotopic (exact) mass is 351 g/mol. The summed E-state index contributed by atoms with van der Waals surface area (Å²) in [6, 6.07) is 12.9. The summed E-state index contributed by atoms with van der Waals surface area (Å²) in [5.74, 6) is 0.625. The van der Waals surface area contributed by atoms with Crippen molar-refractivity contribution in [2.75, 3.05) is 0 Å². The lowest BCUT2D eigenvalue weighted by atomic mass is 9.96. The Morgan fingerprint density at radius 1 is 1.04 bits per heavy atom.